The smallest absolute Gasteiger partial charge is 0.226 e. The summed E-state index contributed by atoms with van der Waals surface area (Å²) in [6.07, 6.45) is 3.16. The molecule has 2 rings (SSSR count). The Morgan fingerprint density at radius 3 is 2.63 bits per heavy atom. The lowest BCUT2D eigenvalue weighted by atomic mass is 10.4. The van der Waals surface area contributed by atoms with E-state index in [1.54, 1.807) is 12.4 Å². The highest BCUT2D eigenvalue weighted by atomic mass is 35.5. The molecule has 0 aliphatic rings. The Hall–Kier alpha value is -1.53. The van der Waals surface area contributed by atoms with Gasteiger partial charge in [0, 0.05) is 25.5 Å². The maximum atomic E-state index is 6.05. The third kappa shape index (κ3) is 3.48. The number of aromatic nitrogens is 4. The predicted molar refractivity (Wildman–Crippen MR) is 76.4 cm³/mol. The molecular weight excluding hydrogens is 264 g/mol. The van der Waals surface area contributed by atoms with E-state index in [4.69, 9.17) is 11.6 Å². The molecule has 19 heavy (non-hydrogen) atoms. The van der Waals surface area contributed by atoms with Gasteiger partial charge in [-0.3, -0.25) is 0 Å². The summed E-state index contributed by atoms with van der Waals surface area (Å²) >= 11 is 6.05. The van der Waals surface area contributed by atoms with E-state index < -0.39 is 0 Å². The Balaban J connectivity index is 2.05. The van der Waals surface area contributed by atoms with Gasteiger partial charge >= 0.3 is 0 Å². The molecule has 2 heterocycles. The van der Waals surface area contributed by atoms with Crippen molar-refractivity contribution in [2.45, 2.75) is 13.8 Å². The second-order valence-corrected chi connectivity index (χ2v) is 4.38. The first-order chi connectivity index (χ1) is 9.24. The highest BCUT2D eigenvalue weighted by molar-refractivity contribution is 6.33. The lowest BCUT2D eigenvalue weighted by Gasteiger charge is -2.17. The van der Waals surface area contributed by atoms with Crippen molar-refractivity contribution in [2.75, 3.05) is 31.5 Å². The Morgan fingerprint density at radius 1 is 1.16 bits per heavy atom. The number of hydrogen-bond donors (Lipinski definition) is 1. The minimum Gasteiger partial charge on any atom is -0.353 e. The van der Waals surface area contributed by atoms with Crippen LogP contribution in [0.5, 0.6) is 0 Å². The van der Waals surface area contributed by atoms with Crippen molar-refractivity contribution in [3.05, 3.63) is 17.5 Å². The van der Waals surface area contributed by atoms with Gasteiger partial charge in [0.2, 0.25) is 5.95 Å². The van der Waals surface area contributed by atoms with Crippen LogP contribution in [0, 0.1) is 0 Å². The van der Waals surface area contributed by atoms with Crippen LogP contribution >= 0.6 is 11.6 Å². The molecule has 0 saturated heterocycles. The maximum Gasteiger partial charge on any atom is 0.226 e. The van der Waals surface area contributed by atoms with Gasteiger partial charge in [-0.05, 0) is 13.1 Å². The first-order valence-electron chi connectivity index (χ1n) is 6.35. The van der Waals surface area contributed by atoms with Gasteiger partial charge in [-0.2, -0.15) is 9.97 Å². The number of hydrogen-bond acceptors (Lipinski definition) is 6. The van der Waals surface area contributed by atoms with Gasteiger partial charge in [-0.15, -0.1) is 0 Å². The molecule has 0 atom stereocenters. The van der Waals surface area contributed by atoms with Crippen molar-refractivity contribution in [3.63, 3.8) is 0 Å². The normalized spacial score (nSPS) is 11.2. The van der Waals surface area contributed by atoms with Crippen molar-refractivity contribution >= 4 is 28.7 Å². The van der Waals surface area contributed by atoms with Gasteiger partial charge in [-0.25, -0.2) is 9.97 Å². The van der Waals surface area contributed by atoms with E-state index in [0.29, 0.717) is 22.3 Å². The molecule has 0 aliphatic heterocycles. The molecule has 0 spiro atoms. The van der Waals surface area contributed by atoms with Gasteiger partial charge < -0.3 is 10.2 Å². The molecule has 2 aromatic heterocycles. The van der Waals surface area contributed by atoms with Crippen LogP contribution < -0.4 is 5.32 Å². The van der Waals surface area contributed by atoms with Crippen LogP contribution in [-0.4, -0.2) is 51.0 Å². The van der Waals surface area contributed by atoms with Crippen LogP contribution in [0.1, 0.15) is 13.8 Å². The highest BCUT2D eigenvalue weighted by Gasteiger charge is 2.07. The van der Waals surface area contributed by atoms with Crippen LogP contribution in [0.4, 0.5) is 5.95 Å². The summed E-state index contributed by atoms with van der Waals surface area (Å²) in [6.45, 7) is 8.05. The SMILES string of the molecule is CCN(CC)CCNc1nc(Cl)c2nccnc2n1. The molecule has 2 aromatic rings. The molecule has 0 aliphatic carbocycles. The zero-order valence-electron chi connectivity index (χ0n) is 11.1. The number of likely N-dealkylation sites (N-methyl/N-ethyl adjacent to an activating group) is 1. The third-order valence-corrected chi connectivity index (χ3v) is 3.16. The molecule has 0 fully saturated rings. The van der Waals surface area contributed by atoms with Crippen LogP contribution in [0.3, 0.4) is 0 Å². The summed E-state index contributed by atoms with van der Waals surface area (Å²) in [5.74, 6) is 0.491. The van der Waals surface area contributed by atoms with E-state index in [9.17, 15) is 0 Å². The standard InChI is InChI=1S/C12H17ClN6/c1-3-19(4-2)8-7-16-12-17-10(13)9-11(18-12)15-6-5-14-9/h5-6H,3-4,7-8H2,1-2H3,(H,15,16,17,18). The van der Waals surface area contributed by atoms with Gasteiger partial charge in [0.25, 0.3) is 0 Å². The largest absolute Gasteiger partial charge is 0.353 e. The van der Waals surface area contributed by atoms with E-state index in [-0.39, 0.29) is 0 Å². The third-order valence-electron chi connectivity index (χ3n) is 2.90. The van der Waals surface area contributed by atoms with Crippen molar-refractivity contribution in [1.29, 1.82) is 0 Å². The van der Waals surface area contributed by atoms with Crippen molar-refractivity contribution in [1.82, 2.24) is 24.8 Å². The number of nitrogens with one attached hydrogen (secondary N) is 1. The molecule has 0 radical (unpaired) electrons. The van der Waals surface area contributed by atoms with Crippen molar-refractivity contribution < 1.29 is 0 Å². The molecular formula is C12H17ClN6. The molecule has 6 nitrogen and oxygen atoms in total. The predicted octanol–water partition coefficient (Wildman–Crippen LogP) is 1.83. The Labute approximate surface area is 117 Å². The van der Waals surface area contributed by atoms with Crippen LogP contribution in [0.25, 0.3) is 11.2 Å². The average molecular weight is 281 g/mol. The summed E-state index contributed by atoms with van der Waals surface area (Å²) in [7, 11) is 0. The molecule has 0 unspecified atom stereocenters. The summed E-state index contributed by atoms with van der Waals surface area (Å²) in [6, 6.07) is 0. The molecule has 0 saturated carbocycles. The van der Waals surface area contributed by atoms with Crippen molar-refractivity contribution in [2.24, 2.45) is 0 Å². The summed E-state index contributed by atoms with van der Waals surface area (Å²) in [5.41, 5.74) is 1.03. The van der Waals surface area contributed by atoms with E-state index in [2.05, 4.69) is 44.0 Å². The highest BCUT2D eigenvalue weighted by Crippen LogP contribution is 2.17. The number of fused-ring (bicyclic) bond motifs is 1. The first-order valence-corrected chi connectivity index (χ1v) is 6.72. The lowest BCUT2D eigenvalue weighted by Crippen LogP contribution is -2.29. The fourth-order valence-electron chi connectivity index (χ4n) is 1.77. The monoisotopic (exact) mass is 280 g/mol. The van der Waals surface area contributed by atoms with Crippen LogP contribution in [-0.2, 0) is 0 Å². The first kappa shape index (κ1) is 13.9. The zero-order valence-corrected chi connectivity index (χ0v) is 11.9. The van der Waals surface area contributed by atoms with Crippen LogP contribution in [0.2, 0.25) is 5.15 Å². The number of halogens is 1. The number of rotatable bonds is 6. The maximum absolute atomic E-state index is 6.05. The van der Waals surface area contributed by atoms with E-state index in [0.717, 1.165) is 26.2 Å². The minimum atomic E-state index is 0.323. The van der Waals surface area contributed by atoms with E-state index in [1.165, 1.54) is 0 Å². The Morgan fingerprint density at radius 2 is 1.89 bits per heavy atom. The quantitative estimate of drug-likeness (QED) is 0.814. The summed E-state index contributed by atoms with van der Waals surface area (Å²) in [5, 5.41) is 3.48. The second-order valence-electron chi connectivity index (χ2n) is 4.02. The fraction of sp³-hybridized carbons (Fsp3) is 0.500. The molecule has 1 N–H and O–H groups in total. The molecule has 0 amide bonds. The molecule has 0 aromatic carbocycles. The van der Waals surface area contributed by atoms with Gasteiger partial charge in [0.1, 0.15) is 5.52 Å². The minimum absolute atomic E-state index is 0.323. The van der Waals surface area contributed by atoms with E-state index in [1.807, 2.05) is 0 Å². The van der Waals surface area contributed by atoms with Crippen LogP contribution in [0.15, 0.2) is 12.4 Å². The summed E-state index contributed by atoms with van der Waals surface area (Å²) < 4.78 is 0. The van der Waals surface area contributed by atoms with Gasteiger partial charge in [0.15, 0.2) is 10.8 Å². The molecule has 102 valence electrons. The number of nitrogens with zero attached hydrogens (tertiary/aromatic N) is 5. The van der Waals surface area contributed by atoms with E-state index >= 15 is 0 Å². The second kappa shape index (κ2) is 6.58. The summed E-state index contributed by atoms with van der Waals surface area (Å²) in [4.78, 5) is 19.0. The molecule has 7 heteroatoms. The Bertz CT molecular complexity index is 543. The van der Waals surface area contributed by atoms with Gasteiger partial charge in [0.05, 0.1) is 0 Å². The lowest BCUT2D eigenvalue weighted by molar-refractivity contribution is 0.316. The Kier molecular flexibility index (Phi) is 4.81. The number of anilines is 1. The zero-order chi connectivity index (χ0) is 13.7. The topological polar surface area (TPSA) is 66.8 Å². The van der Waals surface area contributed by atoms with Crippen molar-refractivity contribution in [3.8, 4) is 0 Å². The van der Waals surface area contributed by atoms with Gasteiger partial charge in [-0.1, -0.05) is 25.4 Å². The average Bonchev–Trinajstić information content (AvgIpc) is 2.44. The fourth-order valence-corrected chi connectivity index (χ4v) is 1.99. The molecule has 0 bridgehead atoms.